The van der Waals surface area contributed by atoms with Gasteiger partial charge in [-0.1, -0.05) is 0 Å². The van der Waals surface area contributed by atoms with E-state index >= 15 is 0 Å². The first-order valence-electron chi connectivity index (χ1n) is 5.94. The first-order chi connectivity index (χ1) is 9.35. The van der Waals surface area contributed by atoms with Crippen LogP contribution in [0, 0.1) is 20.8 Å². The maximum Gasteiger partial charge on any atom is 0.263 e. The van der Waals surface area contributed by atoms with Crippen molar-refractivity contribution in [3.63, 3.8) is 0 Å². The second kappa shape index (κ2) is 5.41. The second-order valence-electron chi connectivity index (χ2n) is 4.42. The maximum absolute atomic E-state index is 12.4. The smallest absolute Gasteiger partial charge is 0.263 e. The van der Waals surface area contributed by atoms with E-state index < -0.39 is 10.0 Å². The molecule has 0 bridgehead atoms. The van der Waals surface area contributed by atoms with Gasteiger partial charge in [-0.15, -0.1) is 11.3 Å². The van der Waals surface area contributed by atoms with E-state index in [1.807, 2.05) is 13.8 Å². The fourth-order valence-corrected chi connectivity index (χ4v) is 4.10. The van der Waals surface area contributed by atoms with Crippen LogP contribution in [0.3, 0.4) is 0 Å². The minimum absolute atomic E-state index is 0.239. The number of nitrogens with zero attached hydrogens (tertiary/aromatic N) is 1. The third-order valence-electron chi connectivity index (χ3n) is 3.04. The molecule has 0 amide bonds. The number of benzene rings is 1. The predicted molar refractivity (Wildman–Crippen MR) is 80.1 cm³/mol. The zero-order chi connectivity index (χ0) is 14.9. The summed E-state index contributed by atoms with van der Waals surface area (Å²) in [7, 11) is -2.07. The Kier molecular flexibility index (Phi) is 4.01. The van der Waals surface area contributed by atoms with Crippen LogP contribution in [-0.4, -0.2) is 20.5 Å². The normalized spacial score (nSPS) is 11.4. The summed E-state index contributed by atoms with van der Waals surface area (Å²) in [5.41, 5.74) is 2.27. The largest absolute Gasteiger partial charge is 0.496 e. The summed E-state index contributed by atoms with van der Waals surface area (Å²) >= 11 is 1.26. The SMILES string of the molecule is COc1ccc(S(=O)(=O)Nc2nc(C)cs2)c(C)c1C. The van der Waals surface area contributed by atoms with Gasteiger partial charge in [0, 0.05) is 5.38 Å². The number of anilines is 1. The first-order valence-corrected chi connectivity index (χ1v) is 8.30. The van der Waals surface area contributed by atoms with Crippen molar-refractivity contribution in [1.82, 2.24) is 4.98 Å². The Morgan fingerprint density at radius 1 is 1.20 bits per heavy atom. The van der Waals surface area contributed by atoms with E-state index in [1.165, 1.54) is 11.3 Å². The summed E-state index contributed by atoms with van der Waals surface area (Å²) in [6, 6.07) is 3.20. The molecule has 108 valence electrons. The Hall–Kier alpha value is -1.60. The highest BCUT2D eigenvalue weighted by molar-refractivity contribution is 7.93. The molecular formula is C13H16N2O3S2. The quantitative estimate of drug-likeness (QED) is 0.942. The number of methoxy groups -OCH3 is 1. The second-order valence-corrected chi connectivity index (χ2v) is 6.92. The van der Waals surface area contributed by atoms with Gasteiger partial charge in [0.2, 0.25) is 0 Å². The molecule has 0 aliphatic rings. The van der Waals surface area contributed by atoms with Crippen molar-refractivity contribution in [3.05, 3.63) is 34.3 Å². The van der Waals surface area contributed by atoms with Gasteiger partial charge in [-0.2, -0.15) is 0 Å². The molecule has 1 aromatic carbocycles. The molecule has 1 heterocycles. The van der Waals surface area contributed by atoms with Gasteiger partial charge in [0.1, 0.15) is 5.75 Å². The lowest BCUT2D eigenvalue weighted by molar-refractivity contribution is 0.411. The van der Waals surface area contributed by atoms with Crippen LogP contribution in [0.4, 0.5) is 5.13 Å². The Morgan fingerprint density at radius 2 is 1.90 bits per heavy atom. The van der Waals surface area contributed by atoms with Crippen molar-refractivity contribution in [2.75, 3.05) is 11.8 Å². The average Bonchev–Trinajstić information content (AvgIpc) is 2.77. The number of hydrogen-bond donors (Lipinski definition) is 1. The van der Waals surface area contributed by atoms with Crippen molar-refractivity contribution in [3.8, 4) is 5.75 Å². The minimum Gasteiger partial charge on any atom is -0.496 e. The molecule has 1 N–H and O–H groups in total. The van der Waals surface area contributed by atoms with Gasteiger partial charge in [-0.25, -0.2) is 13.4 Å². The highest BCUT2D eigenvalue weighted by Crippen LogP contribution is 2.28. The molecule has 0 saturated carbocycles. The number of thiazole rings is 1. The van der Waals surface area contributed by atoms with Crippen LogP contribution < -0.4 is 9.46 Å². The maximum atomic E-state index is 12.4. The molecule has 0 spiro atoms. The van der Waals surface area contributed by atoms with E-state index in [2.05, 4.69) is 9.71 Å². The lowest BCUT2D eigenvalue weighted by atomic mass is 10.1. The zero-order valence-electron chi connectivity index (χ0n) is 11.7. The van der Waals surface area contributed by atoms with Gasteiger partial charge in [0.25, 0.3) is 10.0 Å². The van der Waals surface area contributed by atoms with Crippen molar-refractivity contribution in [1.29, 1.82) is 0 Å². The standard InChI is InChI=1S/C13H16N2O3S2/c1-8-7-19-13(14-8)15-20(16,17)12-6-5-11(18-4)9(2)10(12)3/h5-7H,1-4H3,(H,14,15). The van der Waals surface area contributed by atoms with Gasteiger partial charge in [0.15, 0.2) is 5.13 Å². The molecule has 0 aliphatic carbocycles. The number of aromatic nitrogens is 1. The van der Waals surface area contributed by atoms with Gasteiger partial charge in [-0.3, -0.25) is 4.72 Å². The molecular weight excluding hydrogens is 296 g/mol. The molecule has 0 unspecified atom stereocenters. The van der Waals surface area contributed by atoms with Crippen LogP contribution in [0.5, 0.6) is 5.75 Å². The number of aryl methyl sites for hydroxylation is 1. The molecule has 2 aromatic rings. The average molecular weight is 312 g/mol. The summed E-state index contributed by atoms with van der Waals surface area (Å²) in [6.45, 7) is 5.41. The number of sulfonamides is 1. The molecule has 20 heavy (non-hydrogen) atoms. The van der Waals surface area contributed by atoms with Gasteiger partial charge in [0.05, 0.1) is 17.7 Å². The molecule has 1 aromatic heterocycles. The summed E-state index contributed by atoms with van der Waals surface area (Å²) in [6.07, 6.45) is 0. The van der Waals surface area contributed by atoms with Gasteiger partial charge < -0.3 is 4.74 Å². The molecule has 0 aliphatic heterocycles. The number of rotatable bonds is 4. The summed E-state index contributed by atoms with van der Waals surface area (Å²) in [5, 5.41) is 2.17. The Balaban J connectivity index is 2.42. The first kappa shape index (κ1) is 14.8. The Bertz CT molecular complexity index is 736. The van der Waals surface area contributed by atoms with Crippen molar-refractivity contribution in [2.24, 2.45) is 0 Å². The van der Waals surface area contributed by atoms with Gasteiger partial charge >= 0.3 is 0 Å². The van der Waals surface area contributed by atoms with Gasteiger partial charge in [-0.05, 0) is 44.0 Å². The molecule has 5 nitrogen and oxygen atoms in total. The molecule has 0 atom stereocenters. The van der Waals surface area contributed by atoms with Crippen LogP contribution in [0.15, 0.2) is 22.4 Å². The van der Waals surface area contributed by atoms with E-state index in [9.17, 15) is 8.42 Å². The molecule has 0 radical (unpaired) electrons. The van der Waals surface area contributed by atoms with E-state index in [4.69, 9.17) is 4.74 Å². The van der Waals surface area contributed by atoms with E-state index in [1.54, 1.807) is 31.5 Å². The van der Waals surface area contributed by atoms with Crippen LogP contribution in [0.25, 0.3) is 0 Å². The van der Waals surface area contributed by atoms with Crippen molar-refractivity contribution in [2.45, 2.75) is 25.7 Å². The van der Waals surface area contributed by atoms with E-state index in [0.29, 0.717) is 16.4 Å². The lowest BCUT2D eigenvalue weighted by Crippen LogP contribution is -2.14. The summed E-state index contributed by atoms with van der Waals surface area (Å²) in [5.74, 6) is 0.673. The fraction of sp³-hybridized carbons (Fsp3) is 0.308. The summed E-state index contributed by atoms with van der Waals surface area (Å²) in [4.78, 5) is 4.35. The minimum atomic E-state index is -3.64. The number of nitrogens with one attached hydrogen (secondary N) is 1. The van der Waals surface area contributed by atoms with Crippen LogP contribution in [0.1, 0.15) is 16.8 Å². The third-order valence-corrected chi connectivity index (χ3v) is 5.53. The number of hydrogen-bond acceptors (Lipinski definition) is 5. The van der Waals surface area contributed by atoms with Crippen LogP contribution in [-0.2, 0) is 10.0 Å². The topological polar surface area (TPSA) is 68.3 Å². The fourth-order valence-electron chi connectivity index (χ4n) is 1.85. The van der Waals surface area contributed by atoms with E-state index in [0.717, 1.165) is 11.3 Å². The molecule has 2 rings (SSSR count). The Morgan fingerprint density at radius 3 is 2.45 bits per heavy atom. The lowest BCUT2D eigenvalue weighted by Gasteiger charge is -2.13. The van der Waals surface area contributed by atoms with E-state index in [-0.39, 0.29) is 4.90 Å². The van der Waals surface area contributed by atoms with Crippen LogP contribution >= 0.6 is 11.3 Å². The van der Waals surface area contributed by atoms with Crippen molar-refractivity contribution >= 4 is 26.5 Å². The predicted octanol–water partition coefficient (Wildman–Crippen LogP) is 2.88. The van der Waals surface area contributed by atoms with Crippen molar-refractivity contribution < 1.29 is 13.2 Å². The Labute approximate surface area is 122 Å². The number of ether oxygens (including phenoxy) is 1. The third kappa shape index (κ3) is 2.78. The summed E-state index contributed by atoms with van der Waals surface area (Å²) < 4.78 is 32.5. The highest BCUT2D eigenvalue weighted by atomic mass is 32.2. The highest BCUT2D eigenvalue weighted by Gasteiger charge is 2.20. The monoisotopic (exact) mass is 312 g/mol. The molecule has 7 heteroatoms. The zero-order valence-corrected chi connectivity index (χ0v) is 13.4. The molecule has 0 saturated heterocycles. The van der Waals surface area contributed by atoms with Crippen LogP contribution in [0.2, 0.25) is 0 Å². The molecule has 0 fully saturated rings.